The van der Waals surface area contributed by atoms with Crippen molar-refractivity contribution in [3.05, 3.63) is 29.8 Å². The van der Waals surface area contributed by atoms with E-state index in [-0.39, 0.29) is 18.8 Å². The smallest absolute Gasteiger partial charge is 0.408 e. The normalized spacial score (nSPS) is 19.7. The van der Waals surface area contributed by atoms with Crippen molar-refractivity contribution in [1.29, 1.82) is 0 Å². The van der Waals surface area contributed by atoms with Crippen LogP contribution in [0, 0.1) is 0 Å². The molecule has 24 heavy (non-hydrogen) atoms. The van der Waals surface area contributed by atoms with Crippen molar-refractivity contribution in [3.8, 4) is 0 Å². The molecule has 1 amide bonds. The zero-order chi connectivity index (χ0) is 17.7. The summed E-state index contributed by atoms with van der Waals surface area (Å²) in [5.74, 6) is 0. The van der Waals surface area contributed by atoms with Crippen LogP contribution in [0.15, 0.2) is 24.3 Å². The first-order valence-corrected chi connectivity index (χ1v) is 8.35. The molecule has 1 aliphatic heterocycles. The second-order valence-electron chi connectivity index (χ2n) is 7.08. The molecule has 1 heterocycles. The van der Waals surface area contributed by atoms with E-state index in [1.807, 2.05) is 45.9 Å². The molecule has 0 aliphatic carbocycles. The number of aliphatic hydroxyl groups is 1. The molecule has 134 valence electrons. The van der Waals surface area contributed by atoms with Crippen molar-refractivity contribution in [3.63, 3.8) is 0 Å². The van der Waals surface area contributed by atoms with Crippen LogP contribution >= 0.6 is 0 Å². The molecule has 2 unspecified atom stereocenters. The topological polar surface area (TPSA) is 71.0 Å². The molecule has 1 aliphatic rings. The van der Waals surface area contributed by atoms with Gasteiger partial charge >= 0.3 is 6.09 Å². The second kappa shape index (κ2) is 7.85. The van der Waals surface area contributed by atoms with Gasteiger partial charge in [0.1, 0.15) is 5.60 Å². The molecule has 0 spiro atoms. The number of nitrogens with zero attached hydrogens (tertiary/aromatic N) is 1. The van der Waals surface area contributed by atoms with Gasteiger partial charge in [-0.1, -0.05) is 12.1 Å². The lowest BCUT2D eigenvalue weighted by atomic mass is 10.1. The molecule has 0 aromatic heterocycles. The summed E-state index contributed by atoms with van der Waals surface area (Å²) in [5.41, 5.74) is 1.55. The molecule has 0 radical (unpaired) electrons. The summed E-state index contributed by atoms with van der Waals surface area (Å²) in [4.78, 5) is 14.1. The molecule has 1 saturated heterocycles. The number of carbonyl (C=O) groups excluding carboxylic acids is 1. The maximum Gasteiger partial charge on any atom is 0.408 e. The van der Waals surface area contributed by atoms with Gasteiger partial charge in [0, 0.05) is 18.8 Å². The molecule has 1 aromatic rings. The molecular formula is C18H28N2O4. The third kappa shape index (κ3) is 5.39. The highest BCUT2D eigenvalue weighted by molar-refractivity contribution is 5.68. The van der Waals surface area contributed by atoms with Crippen molar-refractivity contribution in [2.45, 2.75) is 45.4 Å². The van der Waals surface area contributed by atoms with Gasteiger partial charge in [-0.15, -0.1) is 0 Å². The Bertz CT molecular complexity index is 556. The highest BCUT2D eigenvalue weighted by Crippen LogP contribution is 2.23. The zero-order valence-corrected chi connectivity index (χ0v) is 14.9. The van der Waals surface area contributed by atoms with Gasteiger partial charge in [0.15, 0.2) is 0 Å². The van der Waals surface area contributed by atoms with Gasteiger partial charge in [-0.05, 0) is 45.4 Å². The molecule has 2 N–H and O–H groups in total. The van der Waals surface area contributed by atoms with E-state index in [9.17, 15) is 9.90 Å². The summed E-state index contributed by atoms with van der Waals surface area (Å²) >= 11 is 0. The minimum Gasteiger partial charge on any atom is -0.444 e. The van der Waals surface area contributed by atoms with Gasteiger partial charge in [0.05, 0.1) is 25.4 Å². The first-order chi connectivity index (χ1) is 11.3. The molecule has 6 nitrogen and oxygen atoms in total. The van der Waals surface area contributed by atoms with E-state index in [0.29, 0.717) is 13.2 Å². The fraction of sp³-hybridized carbons (Fsp3) is 0.611. The van der Waals surface area contributed by atoms with Gasteiger partial charge < -0.3 is 24.8 Å². The van der Waals surface area contributed by atoms with Crippen LogP contribution < -0.4 is 10.2 Å². The van der Waals surface area contributed by atoms with Gasteiger partial charge in [-0.25, -0.2) is 4.79 Å². The molecule has 0 saturated carbocycles. The predicted molar refractivity (Wildman–Crippen MR) is 93.3 cm³/mol. The van der Waals surface area contributed by atoms with Crippen LogP contribution in [-0.2, 0) is 9.47 Å². The molecule has 2 atom stereocenters. The zero-order valence-electron chi connectivity index (χ0n) is 14.9. The van der Waals surface area contributed by atoms with Crippen LogP contribution in [0.3, 0.4) is 0 Å². The number of hydrogen-bond acceptors (Lipinski definition) is 5. The summed E-state index contributed by atoms with van der Waals surface area (Å²) in [6.45, 7) is 9.52. The van der Waals surface area contributed by atoms with Crippen LogP contribution in [0.4, 0.5) is 10.5 Å². The quantitative estimate of drug-likeness (QED) is 0.884. The van der Waals surface area contributed by atoms with Crippen LogP contribution in [-0.4, -0.2) is 49.2 Å². The Balaban J connectivity index is 2.02. The SMILES string of the molecule is CC(NC(=O)OC(C)(C)C)c1cccc(N2CCOC(CO)C2)c1. The first-order valence-electron chi connectivity index (χ1n) is 8.35. The number of morpholine rings is 1. The van der Waals surface area contributed by atoms with Crippen molar-refractivity contribution in [2.75, 3.05) is 31.2 Å². The van der Waals surface area contributed by atoms with E-state index in [2.05, 4.69) is 16.3 Å². The highest BCUT2D eigenvalue weighted by Gasteiger charge is 2.21. The number of ether oxygens (including phenoxy) is 2. The van der Waals surface area contributed by atoms with E-state index in [1.54, 1.807) is 0 Å². The monoisotopic (exact) mass is 336 g/mol. The molecule has 1 fully saturated rings. The molecule has 2 rings (SSSR count). The van der Waals surface area contributed by atoms with E-state index < -0.39 is 11.7 Å². The lowest BCUT2D eigenvalue weighted by molar-refractivity contribution is 0.00356. The standard InChI is InChI=1S/C18H28N2O4/c1-13(19-17(22)24-18(2,3)4)14-6-5-7-15(10-14)20-8-9-23-16(11-20)12-21/h5-7,10,13,16,21H,8-9,11-12H2,1-4H3,(H,19,22). The third-order valence-electron chi connectivity index (χ3n) is 3.81. The highest BCUT2D eigenvalue weighted by atomic mass is 16.6. The number of carbonyl (C=O) groups is 1. The number of aliphatic hydroxyl groups excluding tert-OH is 1. The minimum absolute atomic E-state index is 0.0206. The van der Waals surface area contributed by atoms with Gasteiger partial charge in [-0.3, -0.25) is 0 Å². The van der Waals surface area contributed by atoms with Crippen LogP contribution in [0.5, 0.6) is 0 Å². The van der Waals surface area contributed by atoms with Crippen molar-refractivity contribution in [2.24, 2.45) is 0 Å². The van der Waals surface area contributed by atoms with Gasteiger partial charge in [0.25, 0.3) is 0 Å². The number of hydrogen-bond donors (Lipinski definition) is 2. The van der Waals surface area contributed by atoms with Crippen molar-refractivity contribution >= 4 is 11.8 Å². The minimum atomic E-state index is -0.515. The van der Waals surface area contributed by atoms with Crippen LogP contribution in [0.1, 0.15) is 39.3 Å². The molecule has 6 heteroatoms. The Kier molecular flexibility index (Phi) is 6.07. The number of anilines is 1. The number of benzene rings is 1. The maximum absolute atomic E-state index is 11.9. The Hall–Kier alpha value is -1.79. The van der Waals surface area contributed by atoms with Crippen LogP contribution in [0.25, 0.3) is 0 Å². The average molecular weight is 336 g/mol. The Morgan fingerprint density at radius 1 is 1.50 bits per heavy atom. The Labute approximate surface area is 143 Å². The summed E-state index contributed by atoms with van der Waals surface area (Å²) in [6, 6.07) is 7.89. The Morgan fingerprint density at radius 3 is 2.92 bits per heavy atom. The maximum atomic E-state index is 11.9. The second-order valence-corrected chi connectivity index (χ2v) is 7.08. The third-order valence-corrected chi connectivity index (χ3v) is 3.81. The van der Waals surface area contributed by atoms with E-state index in [1.165, 1.54) is 0 Å². The molecule has 0 bridgehead atoms. The number of nitrogens with one attached hydrogen (secondary N) is 1. The summed E-state index contributed by atoms with van der Waals surface area (Å²) in [7, 11) is 0. The summed E-state index contributed by atoms with van der Waals surface area (Å²) in [5, 5.41) is 12.1. The number of amides is 1. The van der Waals surface area contributed by atoms with E-state index >= 15 is 0 Å². The fourth-order valence-electron chi connectivity index (χ4n) is 2.62. The van der Waals surface area contributed by atoms with Crippen LogP contribution in [0.2, 0.25) is 0 Å². The van der Waals surface area contributed by atoms with Crippen molar-refractivity contribution in [1.82, 2.24) is 5.32 Å². The predicted octanol–water partition coefficient (Wildman–Crippen LogP) is 2.47. The Morgan fingerprint density at radius 2 is 2.25 bits per heavy atom. The summed E-state index contributed by atoms with van der Waals surface area (Å²) in [6.07, 6.45) is -0.577. The number of alkyl carbamates (subject to hydrolysis) is 1. The van der Waals surface area contributed by atoms with Gasteiger partial charge in [-0.2, -0.15) is 0 Å². The molecule has 1 aromatic carbocycles. The van der Waals surface area contributed by atoms with E-state index in [0.717, 1.165) is 17.8 Å². The van der Waals surface area contributed by atoms with Crippen molar-refractivity contribution < 1.29 is 19.4 Å². The average Bonchev–Trinajstić information content (AvgIpc) is 2.53. The fourth-order valence-corrected chi connectivity index (χ4v) is 2.62. The lowest BCUT2D eigenvalue weighted by Gasteiger charge is -2.34. The summed E-state index contributed by atoms with van der Waals surface area (Å²) < 4.78 is 10.8. The lowest BCUT2D eigenvalue weighted by Crippen LogP contribution is -2.44. The first kappa shape index (κ1) is 18.5. The largest absolute Gasteiger partial charge is 0.444 e. The van der Waals surface area contributed by atoms with Gasteiger partial charge in [0.2, 0.25) is 0 Å². The van der Waals surface area contributed by atoms with E-state index in [4.69, 9.17) is 9.47 Å². The number of rotatable bonds is 4. The molecular weight excluding hydrogens is 308 g/mol.